The Balaban J connectivity index is 1.37. The molecule has 1 atom stereocenters. The summed E-state index contributed by atoms with van der Waals surface area (Å²) in [5, 5.41) is 11.6. The average Bonchev–Trinajstić information content (AvgIpc) is 3.13. The molecule has 8 heteroatoms. The number of aliphatic carboxylic acids is 1. The van der Waals surface area contributed by atoms with E-state index in [4.69, 9.17) is 5.11 Å². The van der Waals surface area contributed by atoms with Crippen LogP contribution in [0.3, 0.4) is 0 Å². The first kappa shape index (κ1) is 23.5. The number of rotatable bonds is 8. The molecule has 2 aliphatic rings. The van der Waals surface area contributed by atoms with Gasteiger partial charge in [-0.3, -0.25) is 19.2 Å². The minimum atomic E-state index is -0.797. The van der Waals surface area contributed by atoms with Gasteiger partial charge in [0.1, 0.15) is 6.04 Å². The largest absolute Gasteiger partial charge is 0.481 e. The number of benzene rings is 2. The van der Waals surface area contributed by atoms with Gasteiger partial charge in [0.15, 0.2) is 0 Å². The van der Waals surface area contributed by atoms with Gasteiger partial charge in [-0.15, -0.1) is 0 Å². The second-order valence-electron chi connectivity index (χ2n) is 8.88. The predicted octanol–water partition coefficient (Wildman–Crippen LogP) is 2.60. The summed E-state index contributed by atoms with van der Waals surface area (Å²) in [5.74, 6) is -1.23. The first-order valence-corrected chi connectivity index (χ1v) is 11.6. The third kappa shape index (κ3) is 5.27. The van der Waals surface area contributed by atoms with Crippen LogP contribution in [0.5, 0.6) is 0 Å². The molecule has 3 amide bonds. The van der Waals surface area contributed by atoms with Gasteiger partial charge in [-0.2, -0.15) is 0 Å². The van der Waals surface area contributed by atoms with Crippen LogP contribution in [0.15, 0.2) is 54.6 Å². The zero-order valence-electron chi connectivity index (χ0n) is 19.0. The first-order valence-electron chi connectivity index (χ1n) is 11.6. The van der Waals surface area contributed by atoms with Crippen LogP contribution < -0.4 is 5.32 Å². The summed E-state index contributed by atoms with van der Waals surface area (Å²) in [4.78, 5) is 53.0. The maximum Gasteiger partial charge on any atom is 0.303 e. The number of nitrogens with one attached hydrogen (secondary N) is 1. The number of hydrogen-bond acceptors (Lipinski definition) is 4. The summed E-state index contributed by atoms with van der Waals surface area (Å²) in [5.41, 5.74) is 2.07. The number of carboxylic acids is 1. The van der Waals surface area contributed by atoms with E-state index in [-0.39, 0.29) is 30.7 Å². The number of piperidine rings is 1. The summed E-state index contributed by atoms with van der Waals surface area (Å²) in [6.45, 7) is 1.28. The standard InChI is InChI=1S/C26H29N3O5/c30-22(28-14-12-18(13-15-28)10-11-23(31)32)16-27-25(33)24-20-8-4-5-9-21(20)26(34)29(24)17-19-6-2-1-3-7-19/h1-9,18,24H,10-17H2,(H,27,33)(H,31,32). The van der Waals surface area contributed by atoms with Crippen LogP contribution in [0.2, 0.25) is 0 Å². The molecule has 0 aromatic heterocycles. The van der Waals surface area contributed by atoms with Crippen molar-refractivity contribution in [3.63, 3.8) is 0 Å². The van der Waals surface area contributed by atoms with Crippen molar-refractivity contribution < 1.29 is 24.3 Å². The number of carbonyl (C=O) groups is 4. The zero-order chi connectivity index (χ0) is 24.1. The van der Waals surface area contributed by atoms with Crippen molar-refractivity contribution in [1.29, 1.82) is 0 Å². The number of carboxylic acid groups (broad SMARTS) is 1. The first-order chi connectivity index (χ1) is 16.4. The van der Waals surface area contributed by atoms with Crippen LogP contribution in [-0.2, 0) is 20.9 Å². The number of fused-ring (bicyclic) bond motifs is 1. The van der Waals surface area contributed by atoms with Gasteiger partial charge in [-0.25, -0.2) is 0 Å². The van der Waals surface area contributed by atoms with Gasteiger partial charge in [0.2, 0.25) is 11.8 Å². The molecule has 8 nitrogen and oxygen atoms in total. The summed E-state index contributed by atoms with van der Waals surface area (Å²) in [6.07, 6.45) is 2.31. The van der Waals surface area contributed by atoms with Crippen LogP contribution in [-0.4, -0.2) is 58.2 Å². The SMILES string of the molecule is O=C(O)CCC1CCN(C(=O)CNC(=O)C2c3ccccc3C(=O)N2Cc2ccccc2)CC1. The zero-order valence-corrected chi connectivity index (χ0v) is 19.0. The lowest BCUT2D eigenvalue weighted by atomic mass is 9.92. The highest BCUT2D eigenvalue weighted by atomic mass is 16.4. The van der Waals surface area contributed by atoms with Crippen LogP contribution in [0, 0.1) is 5.92 Å². The number of carbonyl (C=O) groups excluding carboxylic acids is 3. The summed E-state index contributed by atoms with van der Waals surface area (Å²) in [7, 11) is 0. The quantitative estimate of drug-likeness (QED) is 0.626. The van der Waals surface area contributed by atoms with E-state index in [0.717, 1.165) is 18.4 Å². The maximum atomic E-state index is 13.2. The molecule has 0 saturated carbocycles. The Bertz CT molecular complexity index is 1060. The van der Waals surface area contributed by atoms with Gasteiger partial charge in [-0.1, -0.05) is 48.5 Å². The van der Waals surface area contributed by atoms with Gasteiger partial charge in [0.05, 0.1) is 6.54 Å². The Kier molecular flexibility index (Phi) is 7.25. The van der Waals surface area contributed by atoms with Gasteiger partial charge >= 0.3 is 5.97 Å². The van der Waals surface area contributed by atoms with Crippen molar-refractivity contribution in [3.8, 4) is 0 Å². The van der Waals surface area contributed by atoms with Crippen molar-refractivity contribution >= 4 is 23.7 Å². The Labute approximate surface area is 198 Å². The van der Waals surface area contributed by atoms with E-state index in [0.29, 0.717) is 43.1 Å². The van der Waals surface area contributed by atoms with E-state index in [9.17, 15) is 19.2 Å². The summed E-state index contributed by atoms with van der Waals surface area (Å²) in [6, 6.07) is 15.8. The lowest BCUT2D eigenvalue weighted by Gasteiger charge is -2.32. The van der Waals surface area contributed by atoms with E-state index in [1.165, 1.54) is 0 Å². The number of nitrogens with zero attached hydrogens (tertiary/aromatic N) is 2. The topological polar surface area (TPSA) is 107 Å². The second-order valence-corrected chi connectivity index (χ2v) is 8.88. The monoisotopic (exact) mass is 463 g/mol. The van der Waals surface area contributed by atoms with E-state index in [1.807, 2.05) is 30.3 Å². The van der Waals surface area contributed by atoms with Crippen molar-refractivity contribution in [2.24, 2.45) is 5.92 Å². The minimum absolute atomic E-state index is 0.134. The molecule has 0 aliphatic carbocycles. The highest BCUT2D eigenvalue weighted by Gasteiger charge is 2.41. The van der Waals surface area contributed by atoms with E-state index in [1.54, 1.807) is 34.1 Å². The summed E-state index contributed by atoms with van der Waals surface area (Å²) < 4.78 is 0. The van der Waals surface area contributed by atoms with E-state index < -0.39 is 12.0 Å². The smallest absolute Gasteiger partial charge is 0.303 e. The Morgan fingerprint density at radius 2 is 1.65 bits per heavy atom. The van der Waals surface area contributed by atoms with Gasteiger partial charge < -0.3 is 20.2 Å². The van der Waals surface area contributed by atoms with Crippen LogP contribution in [0.4, 0.5) is 0 Å². The fraction of sp³-hybridized carbons (Fsp3) is 0.385. The highest BCUT2D eigenvalue weighted by Crippen LogP contribution is 2.35. The van der Waals surface area contributed by atoms with Crippen LogP contribution in [0.25, 0.3) is 0 Å². The summed E-state index contributed by atoms with van der Waals surface area (Å²) >= 11 is 0. The molecule has 1 saturated heterocycles. The van der Waals surface area contributed by atoms with Gasteiger partial charge in [-0.05, 0) is 42.4 Å². The number of amides is 3. The lowest BCUT2D eigenvalue weighted by Crippen LogP contribution is -2.46. The van der Waals surface area contributed by atoms with Crippen LogP contribution >= 0.6 is 0 Å². The number of hydrogen-bond donors (Lipinski definition) is 2. The van der Waals surface area contributed by atoms with Crippen molar-refractivity contribution in [2.45, 2.75) is 38.3 Å². The molecule has 0 bridgehead atoms. The molecule has 2 N–H and O–H groups in total. The molecule has 2 heterocycles. The molecule has 34 heavy (non-hydrogen) atoms. The molecule has 2 aliphatic heterocycles. The van der Waals surface area contributed by atoms with Gasteiger partial charge in [0, 0.05) is 31.6 Å². The Morgan fingerprint density at radius 3 is 2.35 bits per heavy atom. The molecule has 0 spiro atoms. The molecular weight excluding hydrogens is 434 g/mol. The maximum absolute atomic E-state index is 13.2. The highest BCUT2D eigenvalue weighted by molar-refractivity contribution is 6.05. The minimum Gasteiger partial charge on any atom is -0.481 e. The third-order valence-electron chi connectivity index (χ3n) is 6.65. The lowest BCUT2D eigenvalue weighted by molar-refractivity contribution is -0.138. The average molecular weight is 464 g/mol. The Morgan fingerprint density at radius 1 is 0.971 bits per heavy atom. The molecule has 178 valence electrons. The van der Waals surface area contributed by atoms with Crippen molar-refractivity contribution in [1.82, 2.24) is 15.1 Å². The molecule has 1 fully saturated rings. The fourth-order valence-corrected chi connectivity index (χ4v) is 4.77. The predicted molar refractivity (Wildman–Crippen MR) is 125 cm³/mol. The van der Waals surface area contributed by atoms with Crippen molar-refractivity contribution in [2.75, 3.05) is 19.6 Å². The molecular formula is C26H29N3O5. The van der Waals surface area contributed by atoms with E-state index in [2.05, 4.69) is 5.32 Å². The van der Waals surface area contributed by atoms with Crippen LogP contribution in [0.1, 0.15) is 53.2 Å². The second kappa shape index (κ2) is 10.5. The normalized spacial score (nSPS) is 18.0. The molecule has 0 radical (unpaired) electrons. The molecule has 2 aromatic rings. The molecule has 1 unspecified atom stereocenters. The van der Waals surface area contributed by atoms with E-state index >= 15 is 0 Å². The van der Waals surface area contributed by atoms with Gasteiger partial charge in [0.25, 0.3) is 5.91 Å². The number of likely N-dealkylation sites (tertiary alicyclic amines) is 1. The molecule has 2 aromatic carbocycles. The Hall–Kier alpha value is -3.68. The fourth-order valence-electron chi connectivity index (χ4n) is 4.77. The third-order valence-corrected chi connectivity index (χ3v) is 6.65. The molecule has 4 rings (SSSR count). The van der Waals surface area contributed by atoms with Crippen molar-refractivity contribution in [3.05, 3.63) is 71.3 Å².